The van der Waals surface area contributed by atoms with Crippen molar-refractivity contribution in [2.75, 3.05) is 26.2 Å². The number of furan rings is 1. The molecule has 1 aromatic heterocycles. The van der Waals surface area contributed by atoms with Crippen LogP contribution in [0, 0.1) is 19.7 Å². The summed E-state index contributed by atoms with van der Waals surface area (Å²) in [5, 5.41) is 0. The molecule has 6 heteroatoms. The van der Waals surface area contributed by atoms with Gasteiger partial charge in [-0.15, -0.1) is 0 Å². The molecule has 4 rings (SSSR count). The SMILES string of the molecule is Cc1cccc(C)c1OCc1ccc(C(=O)N2CCN(Cc3ccc(F)cc3)CC2)o1. The average molecular weight is 423 g/mol. The number of carbonyl (C=O) groups is 1. The lowest BCUT2D eigenvalue weighted by atomic mass is 10.1. The lowest BCUT2D eigenvalue weighted by molar-refractivity contribution is 0.0594. The molecule has 1 amide bonds. The molecule has 0 aliphatic carbocycles. The van der Waals surface area contributed by atoms with E-state index in [2.05, 4.69) is 4.90 Å². The van der Waals surface area contributed by atoms with Crippen molar-refractivity contribution >= 4 is 5.91 Å². The Balaban J connectivity index is 1.29. The number of aryl methyl sites for hydroxylation is 2. The lowest BCUT2D eigenvalue weighted by Crippen LogP contribution is -2.48. The molecule has 1 aliphatic heterocycles. The molecular weight excluding hydrogens is 395 g/mol. The van der Waals surface area contributed by atoms with Crippen LogP contribution in [0.1, 0.15) is 33.0 Å². The monoisotopic (exact) mass is 422 g/mol. The molecule has 2 aromatic carbocycles. The maximum atomic E-state index is 13.1. The number of carbonyl (C=O) groups excluding carboxylic acids is 1. The second-order valence-corrected chi connectivity index (χ2v) is 7.97. The summed E-state index contributed by atoms with van der Waals surface area (Å²) in [6.07, 6.45) is 0. The van der Waals surface area contributed by atoms with E-state index in [9.17, 15) is 9.18 Å². The smallest absolute Gasteiger partial charge is 0.289 e. The van der Waals surface area contributed by atoms with E-state index in [-0.39, 0.29) is 18.3 Å². The highest BCUT2D eigenvalue weighted by Gasteiger charge is 2.24. The first-order valence-corrected chi connectivity index (χ1v) is 10.5. The highest BCUT2D eigenvalue weighted by Crippen LogP contribution is 2.24. The quantitative estimate of drug-likeness (QED) is 0.584. The summed E-state index contributed by atoms with van der Waals surface area (Å²) >= 11 is 0. The fraction of sp³-hybridized carbons (Fsp3) is 0.320. The zero-order valence-electron chi connectivity index (χ0n) is 17.9. The number of piperazine rings is 1. The van der Waals surface area contributed by atoms with Crippen molar-refractivity contribution in [2.45, 2.75) is 27.0 Å². The van der Waals surface area contributed by atoms with Crippen LogP contribution in [0.15, 0.2) is 59.0 Å². The highest BCUT2D eigenvalue weighted by atomic mass is 19.1. The molecule has 2 heterocycles. The van der Waals surface area contributed by atoms with Crippen molar-refractivity contribution in [2.24, 2.45) is 0 Å². The Morgan fingerprint density at radius 2 is 1.65 bits per heavy atom. The van der Waals surface area contributed by atoms with Gasteiger partial charge in [-0.25, -0.2) is 4.39 Å². The summed E-state index contributed by atoms with van der Waals surface area (Å²) in [5.41, 5.74) is 3.21. The summed E-state index contributed by atoms with van der Waals surface area (Å²) in [6.45, 7) is 7.86. The molecule has 3 aromatic rings. The number of ether oxygens (including phenoxy) is 1. The molecule has 0 unspecified atom stereocenters. The molecule has 5 nitrogen and oxygen atoms in total. The Labute approximate surface area is 182 Å². The van der Waals surface area contributed by atoms with E-state index in [1.807, 2.05) is 36.9 Å². The van der Waals surface area contributed by atoms with Crippen molar-refractivity contribution < 1.29 is 18.3 Å². The fourth-order valence-electron chi connectivity index (χ4n) is 3.85. The van der Waals surface area contributed by atoms with E-state index in [1.165, 1.54) is 12.1 Å². The predicted molar refractivity (Wildman–Crippen MR) is 117 cm³/mol. The summed E-state index contributed by atoms with van der Waals surface area (Å²) < 4.78 is 24.8. The third-order valence-electron chi connectivity index (χ3n) is 5.62. The topological polar surface area (TPSA) is 45.9 Å². The Bertz CT molecular complexity index is 1020. The van der Waals surface area contributed by atoms with E-state index in [4.69, 9.17) is 9.15 Å². The zero-order chi connectivity index (χ0) is 21.8. The van der Waals surface area contributed by atoms with Crippen LogP contribution in [0.2, 0.25) is 0 Å². The van der Waals surface area contributed by atoms with Crippen LogP contribution >= 0.6 is 0 Å². The Hall–Kier alpha value is -3.12. The van der Waals surface area contributed by atoms with Crippen LogP contribution in [0.5, 0.6) is 5.75 Å². The first kappa shape index (κ1) is 21.1. The number of nitrogens with zero attached hydrogens (tertiary/aromatic N) is 2. The Morgan fingerprint density at radius 3 is 2.32 bits per heavy atom. The number of hydrogen-bond donors (Lipinski definition) is 0. The molecule has 162 valence electrons. The lowest BCUT2D eigenvalue weighted by Gasteiger charge is -2.34. The predicted octanol–water partition coefficient (Wildman–Crippen LogP) is 4.57. The molecular formula is C25H27FN2O3. The van der Waals surface area contributed by atoms with Gasteiger partial charge in [-0.1, -0.05) is 30.3 Å². The van der Waals surface area contributed by atoms with Gasteiger partial charge in [0, 0.05) is 32.7 Å². The van der Waals surface area contributed by atoms with Gasteiger partial charge < -0.3 is 14.1 Å². The van der Waals surface area contributed by atoms with Gasteiger partial charge >= 0.3 is 0 Å². The van der Waals surface area contributed by atoms with Gasteiger partial charge in [-0.05, 0) is 54.8 Å². The molecule has 0 radical (unpaired) electrons. The summed E-state index contributed by atoms with van der Waals surface area (Å²) in [5.74, 6) is 1.49. The van der Waals surface area contributed by atoms with Crippen molar-refractivity contribution in [3.8, 4) is 5.75 Å². The summed E-state index contributed by atoms with van der Waals surface area (Å²) in [4.78, 5) is 16.9. The van der Waals surface area contributed by atoms with Crippen molar-refractivity contribution in [1.82, 2.24) is 9.80 Å². The van der Waals surface area contributed by atoms with Gasteiger partial charge in [0.05, 0.1) is 0 Å². The zero-order valence-corrected chi connectivity index (χ0v) is 17.9. The van der Waals surface area contributed by atoms with Crippen LogP contribution in [-0.2, 0) is 13.2 Å². The van der Waals surface area contributed by atoms with Crippen LogP contribution in [-0.4, -0.2) is 41.9 Å². The fourth-order valence-corrected chi connectivity index (χ4v) is 3.85. The minimum absolute atomic E-state index is 0.0974. The molecule has 0 saturated carbocycles. The molecule has 31 heavy (non-hydrogen) atoms. The first-order valence-electron chi connectivity index (χ1n) is 10.5. The van der Waals surface area contributed by atoms with Crippen molar-refractivity contribution in [1.29, 1.82) is 0 Å². The van der Waals surface area contributed by atoms with Gasteiger partial charge in [-0.2, -0.15) is 0 Å². The third-order valence-corrected chi connectivity index (χ3v) is 5.62. The van der Waals surface area contributed by atoms with Crippen LogP contribution in [0.25, 0.3) is 0 Å². The van der Waals surface area contributed by atoms with E-state index in [0.29, 0.717) is 24.6 Å². The number of amides is 1. The van der Waals surface area contributed by atoms with Crippen molar-refractivity contribution in [3.63, 3.8) is 0 Å². The Morgan fingerprint density at radius 1 is 0.968 bits per heavy atom. The second-order valence-electron chi connectivity index (χ2n) is 7.97. The van der Waals surface area contributed by atoms with E-state index in [0.717, 1.165) is 42.1 Å². The second kappa shape index (κ2) is 9.35. The largest absolute Gasteiger partial charge is 0.485 e. The Kier molecular flexibility index (Phi) is 6.37. The summed E-state index contributed by atoms with van der Waals surface area (Å²) in [7, 11) is 0. The molecule has 1 aliphatic rings. The van der Waals surface area contributed by atoms with E-state index in [1.54, 1.807) is 24.3 Å². The average Bonchev–Trinajstić information content (AvgIpc) is 3.24. The molecule has 0 atom stereocenters. The molecule has 1 fully saturated rings. The van der Waals surface area contributed by atoms with Gasteiger partial charge in [0.1, 0.15) is 23.9 Å². The highest BCUT2D eigenvalue weighted by molar-refractivity contribution is 5.91. The number of benzene rings is 2. The number of rotatable bonds is 6. The van der Waals surface area contributed by atoms with Gasteiger partial charge in [0.25, 0.3) is 5.91 Å². The van der Waals surface area contributed by atoms with E-state index >= 15 is 0 Å². The van der Waals surface area contributed by atoms with Crippen molar-refractivity contribution in [3.05, 3.63) is 88.6 Å². The van der Waals surface area contributed by atoms with Crippen LogP contribution in [0.3, 0.4) is 0 Å². The number of hydrogen-bond acceptors (Lipinski definition) is 4. The number of halogens is 1. The molecule has 1 saturated heterocycles. The first-order chi connectivity index (χ1) is 15.0. The molecule has 0 bridgehead atoms. The standard InChI is InChI=1S/C25H27FN2O3/c1-18-4-3-5-19(2)24(18)30-17-22-10-11-23(31-22)25(29)28-14-12-27(13-15-28)16-20-6-8-21(26)9-7-20/h3-11H,12-17H2,1-2H3. The maximum absolute atomic E-state index is 13.1. The minimum Gasteiger partial charge on any atom is -0.485 e. The van der Waals surface area contributed by atoms with Gasteiger partial charge in [-0.3, -0.25) is 9.69 Å². The molecule has 0 spiro atoms. The normalized spacial score (nSPS) is 14.6. The van der Waals surface area contributed by atoms with Gasteiger partial charge in [0.2, 0.25) is 0 Å². The van der Waals surface area contributed by atoms with Crippen LogP contribution in [0.4, 0.5) is 4.39 Å². The summed E-state index contributed by atoms with van der Waals surface area (Å²) in [6, 6.07) is 16.1. The molecule has 0 N–H and O–H groups in total. The van der Waals surface area contributed by atoms with Gasteiger partial charge in [0.15, 0.2) is 5.76 Å². The third kappa shape index (κ3) is 5.14. The number of para-hydroxylation sites is 1. The maximum Gasteiger partial charge on any atom is 0.289 e. The minimum atomic E-state index is -0.226. The van der Waals surface area contributed by atoms with Crippen LogP contribution < -0.4 is 4.74 Å². The van der Waals surface area contributed by atoms with E-state index < -0.39 is 0 Å².